The van der Waals surface area contributed by atoms with Crippen molar-refractivity contribution in [2.75, 3.05) is 20.1 Å². The van der Waals surface area contributed by atoms with E-state index < -0.39 is 23.3 Å². The summed E-state index contributed by atoms with van der Waals surface area (Å²) in [6.07, 6.45) is 0.0616. The van der Waals surface area contributed by atoms with Crippen molar-refractivity contribution in [3.8, 4) is 5.69 Å². The van der Waals surface area contributed by atoms with Crippen molar-refractivity contribution in [1.82, 2.24) is 25.3 Å². The molecular weight excluding hydrogens is 515 g/mol. The molecule has 0 radical (unpaired) electrons. The third kappa shape index (κ3) is 7.06. The number of hydrogen-bond donors (Lipinski definition) is 2. The highest BCUT2D eigenvalue weighted by Gasteiger charge is 2.39. The molecule has 3 aromatic rings. The van der Waals surface area contributed by atoms with E-state index in [1.165, 1.54) is 0 Å². The molecule has 2 aromatic heterocycles. The zero-order valence-electron chi connectivity index (χ0n) is 21.4. The summed E-state index contributed by atoms with van der Waals surface area (Å²) < 4.78 is 46.8. The Hall–Kier alpha value is -4.09. The lowest BCUT2D eigenvalue weighted by atomic mass is 9.81. The lowest BCUT2D eigenvalue weighted by molar-refractivity contribution is -0.141. The quantitative estimate of drug-likeness (QED) is 0.398. The molecule has 208 valence electrons. The molecule has 2 heterocycles. The molecule has 1 fully saturated rings. The van der Waals surface area contributed by atoms with Crippen LogP contribution < -0.4 is 10.6 Å². The Morgan fingerprint density at radius 2 is 1.67 bits per heavy atom. The average Bonchev–Trinajstić information content (AvgIpc) is 3.61. The van der Waals surface area contributed by atoms with E-state index in [4.69, 9.17) is 4.42 Å². The van der Waals surface area contributed by atoms with Gasteiger partial charge in [-0.1, -0.05) is 18.2 Å². The average molecular weight is 546 g/mol. The minimum atomic E-state index is -4.81. The highest BCUT2D eigenvalue weighted by atomic mass is 19.4. The lowest BCUT2D eigenvalue weighted by Gasteiger charge is -2.29. The fraction of sp³-hybridized carbons (Fsp3) is 0.407. The summed E-state index contributed by atoms with van der Waals surface area (Å²) in [6, 6.07) is 11.7. The van der Waals surface area contributed by atoms with Crippen LogP contribution in [0.4, 0.5) is 13.2 Å². The fourth-order valence-corrected chi connectivity index (χ4v) is 4.69. The second-order valence-electron chi connectivity index (χ2n) is 9.54. The van der Waals surface area contributed by atoms with Crippen LogP contribution in [0.2, 0.25) is 0 Å². The zero-order valence-corrected chi connectivity index (χ0v) is 21.4. The second kappa shape index (κ2) is 12.2. The predicted octanol–water partition coefficient (Wildman–Crippen LogP) is 3.80. The van der Waals surface area contributed by atoms with Crippen molar-refractivity contribution in [2.45, 2.75) is 38.4 Å². The molecule has 0 aliphatic heterocycles. The number of halogens is 3. The first-order valence-corrected chi connectivity index (χ1v) is 12.7. The molecule has 0 atom stereocenters. The van der Waals surface area contributed by atoms with Gasteiger partial charge in [0.25, 0.3) is 5.91 Å². The van der Waals surface area contributed by atoms with Crippen LogP contribution in [0.5, 0.6) is 0 Å². The molecule has 1 aliphatic carbocycles. The van der Waals surface area contributed by atoms with Crippen molar-refractivity contribution in [1.29, 1.82) is 0 Å². The number of alkyl halides is 3. The molecule has 0 saturated heterocycles. The van der Waals surface area contributed by atoms with Crippen molar-refractivity contribution in [3.05, 3.63) is 71.9 Å². The molecule has 1 saturated carbocycles. The lowest BCUT2D eigenvalue weighted by Crippen LogP contribution is -2.40. The molecule has 12 heteroatoms. The van der Waals surface area contributed by atoms with E-state index >= 15 is 0 Å². The molecule has 4 rings (SSSR count). The molecular formula is C27H30F3N5O4. The van der Waals surface area contributed by atoms with Crippen LogP contribution in [0.15, 0.2) is 59.3 Å². The van der Waals surface area contributed by atoms with Crippen molar-refractivity contribution >= 4 is 17.7 Å². The first kappa shape index (κ1) is 27.9. The predicted molar refractivity (Wildman–Crippen MR) is 135 cm³/mol. The van der Waals surface area contributed by atoms with Crippen LogP contribution in [0.3, 0.4) is 0 Å². The number of furan rings is 1. The maximum absolute atomic E-state index is 13.5. The van der Waals surface area contributed by atoms with Gasteiger partial charge in [0.05, 0.1) is 24.1 Å². The highest BCUT2D eigenvalue weighted by Crippen LogP contribution is 2.32. The van der Waals surface area contributed by atoms with E-state index in [0.717, 1.165) is 10.9 Å². The van der Waals surface area contributed by atoms with Crippen LogP contribution >= 0.6 is 0 Å². The topological polar surface area (TPSA) is 109 Å². The Kier molecular flexibility index (Phi) is 8.72. The summed E-state index contributed by atoms with van der Waals surface area (Å²) in [5.41, 5.74) is -1.50. The Balaban J connectivity index is 1.22. The largest absolute Gasteiger partial charge is 0.467 e. The number of carbonyl (C=O) groups excluding carboxylic acids is 3. The molecule has 2 N–H and O–H groups in total. The van der Waals surface area contributed by atoms with Gasteiger partial charge in [0.15, 0.2) is 5.69 Å². The number of aromatic nitrogens is 2. The standard InChI is InChI=1S/C27H30F3N5O4/c1-34(16-21-8-5-15-39-21)26(38)19-11-9-18(10-12-19)24(36)31-13-14-32-25(37)22-17-35(20-6-3-2-4-7-20)33-23(22)27(28,29)30/h2-8,15,17-19H,9-14,16H2,1H3,(H,31,36)(H,32,37)/t18-,19-. The van der Waals surface area contributed by atoms with Crippen molar-refractivity contribution in [3.63, 3.8) is 0 Å². The molecule has 0 spiro atoms. The van der Waals surface area contributed by atoms with Gasteiger partial charge in [0.2, 0.25) is 11.8 Å². The third-order valence-corrected chi connectivity index (χ3v) is 6.75. The third-order valence-electron chi connectivity index (χ3n) is 6.75. The maximum Gasteiger partial charge on any atom is 0.435 e. The Bertz CT molecular complexity index is 1270. The number of para-hydroxylation sites is 1. The SMILES string of the molecule is CN(Cc1ccco1)C(=O)[C@H]1CC[C@H](C(=O)NCCNC(=O)c2cn(-c3ccccc3)nc2C(F)(F)F)CC1. The number of carbonyl (C=O) groups is 3. The van der Waals surface area contributed by atoms with Crippen LogP contribution in [-0.4, -0.2) is 52.5 Å². The Morgan fingerprint density at radius 1 is 1.00 bits per heavy atom. The van der Waals surface area contributed by atoms with Gasteiger partial charge in [0.1, 0.15) is 5.76 Å². The molecule has 0 unspecified atom stereocenters. The smallest absolute Gasteiger partial charge is 0.435 e. The molecule has 39 heavy (non-hydrogen) atoms. The first-order chi connectivity index (χ1) is 18.6. The van der Waals surface area contributed by atoms with Crippen LogP contribution in [0.25, 0.3) is 5.69 Å². The van der Waals surface area contributed by atoms with Gasteiger partial charge < -0.3 is 20.0 Å². The number of nitrogens with zero attached hydrogens (tertiary/aromatic N) is 3. The zero-order chi connectivity index (χ0) is 28.0. The molecule has 1 aromatic carbocycles. The normalized spacial score (nSPS) is 17.4. The number of amides is 3. The van der Waals surface area contributed by atoms with E-state index in [0.29, 0.717) is 43.7 Å². The Labute approximate surface area is 223 Å². The summed E-state index contributed by atoms with van der Waals surface area (Å²) in [7, 11) is 1.72. The van der Waals surface area contributed by atoms with E-state index in [-0.39, 0.29) is 36.7 Å². The van der Waals surface area contributed by atoms with Gasteiger partial charge in [0, 0.05) is 38.2 Å². The summed E-state index contributed by atoms with van der Waals surface area (Å²) in [4.78, 5) is 39.5. The summed E-state index contributed by atoms with van der Waals surface area (Å²) >= 11 is 0. The van der Waals surface area contributed by atoms with Crippen LogP contribution in [-0.2, 0) is 22.3 Å². The fourth-order valence-electron chi connectivity index (χ4n) is 4.69. The first-order valence-electron chi connectivity index (χ1n) is 12.7. The minimum absolute atomic E-state index is 0.0155. The Morgan fingerprint density at radius 3 is 2.31 bits per heavy atom. The summed E-state index contributed by atoms with van der Waals surface area (Å²) in [5, 5.41) is 8.72. The number of benzene rings is 1. The van der Waals surface area contributed by atoms with E-state index in [2.05, 4.69) is 15.7 Å². The molecule has 9 nitrogen and oxygen atoms in total. The van der Waals surface area contributed by atoms with Crippen molar-refractivity contribution < 1.29 is 32.0 Å². The second-order valence-corrected chi connectivity index (χ2v) is 9.54. The van der Waals surface area contributed by atoms with Gasteiger partial charge in [-0.05, 0) is 49.9 Å². The molecule has 1 aliphatic rings. The van der Waals surface area contributed by atoms with Gasteiger partial charge >= 0.3 is 6.18 Å². The highest BCUT2D eigenvalue weighted by molar-refractivity contribution is 5.95. The van der Waals surface area contributed by atoms with Crippen LogP contribution in [0, 0.1) is 11.8 Å². The van der Waals surface area contributed by atoms with E-state index in [1.54, 1.807) is 60.7 Å². The number of rotatable bonds is 9. The summed E-state index contributed by atoms with van der Waals surface area (Å²) in [5.74, 6) is -0.843. The van der Waals surface area contributed by atoms with E-state index in [9.17, 15) is 27.6 Å². The van der Waals surface area contributed by atoms with Crippen LogP contribution in [0.1, 0.15) is 47.5 Å². The number of hydrogen-bond acceptors (Lipinski definition) is 5. The monoisotopic (exact) mass is 545 g/mol. The van der Waals surface area contributed by atoms with Gasteiger partial charge in [-0.25, -0.2) is 4.68 Å². The van der Waals surface area contributed by atoms with Crippen molar-refractivity contribution in [2.24, 2.45) is 11.8 Å². The molecule has 0 bridgehead atoms. The van der Waals surface area contributed by atoms with Gasteiger partial charge in [-0.3, -0.25) is 14.4 Å². The van der Waals surface area contributed by atoms with E-state index in [1.807, 2.05) is 0 Å². The number of nitrogens with one attached hydrogen (secondary N) is 2. The minimum Gasteiger partial charge on any atom is -0.467 e. The molecule has 3 amide bonds. The maximum atomic E-state index is 13.5. The summed E-state index contributed by atoms with van der Waals surface area (Å²) in [6.45, 7) is 0.392. The van der Waals surface area contributed by atoms with Gasteiger partial charge in [-0.15, -0.1) is 0 Å². The van der Waals surface area contributed by atoms with Gasteiger partial charge in [-0.2, -0.15) is 18.3 Å².